The number of rotatable bonds is 10. The smallest absolute Gasteiger partial charge is 0.240 e. The number of sulfonamides is 1. The summed E-state index contributed by atoms with van der Waals surface area (Å²) in [6, 6.07) is 11.1. The van der Waals surface area contributed by atoms with Crippen LogP contribution in [0, 0.1) is 0 Å². The predicted molar refractivity (Wildman–Crippen MR) is 120 cm³/mol. The van der Waals surface area contributed by atoms with Crippen LogP contribution in [0.2, 0.25) is 0 Å². The number of thioether (sulfide) groups is 1. The third kappa shape index (κ3) is 7.78. The van der Waals surface area contributed by atoms with E-state index in [0.29, 0.717) is 12.2 Å². The predicted octanol–water partition coefficient (Wildman–Crippen LogP) is 3.78. The van der Waals surface area contributed by atoms with Crippen LogP contribution < -0.4 is 9.62 Å². The maximum Gasteiger partial charge on any atom is 0.240 e. The van der Waals surface area contributed by atoms with Crippen LogP contribution in [-0.4, -0.2) is 39.4 Å². The number of nitrogens with one attached hydrogen (secondary N) is 1. The molecule has 0 unspecified atom stereocenters. The van der Waals surface area contributed by atoms with E-state index in [1.54, 1.807) is 30.2 Å². The monoisotopic (exact) mass is 438 g/mol. The van der Waals surface area contributed by atoms with Crippen molar-refractivity contribution < 1.29 is 17.6 Å². The van der Waals surface area contributed by atoms with E-state index in [4.69, 9.17) is 4.42 Å². The van der Waals surface area contributed by atoms with E-state index >= 15 is 0 Å². The zero-order chi connectivity index (χ0) is 21.5. The molecule has 0 atom stereocenters. The Hall–Kier alpha value is -1.93. The number of amides is 1. The Morgan fingerprint density at radius 2 is 1.86 bits per heavy atom. The van der Waals surface area contributed by atoms with Gasteiger partial charge in [-0.15, -0.1) is 0 Å². The molecule has 0 saturated carbocycles. The summed E-state index contributed by atoms with van der Waals surface area (Å²) in [5.74, 6) is 2.30. The van der Waals surface area contributed by atoms with Gasteiger partial charge in [0, 0.05) is 6.54 Å². The van der Waals surface area contributed by atoms with E-state index in [2.05, 4.69) is 26.1 Å². The molecular weight excluding hydrogens is 408 g/mol. The van der Waals surface area contributed by atoms with Gasteiger partial charge in [0.2, 0.25) is 15.9 Å². The summed E-state index contributed by atoms with van der Waals surface area (Å²) in [5, 5.41) is 2.80. The van der Waals surface area contributed by atoms with Crippen molar-refractivity contribution in [2.75, 3.05) is 29.4 Å². The molecule has 1 heterocycles. The minimum absolute atomic E-state index is 0.0270. The Labute approximate surface area is 178 Å². The molecule has 0 bridgehead atoms. The maximum atomic E-state index is 12.3. The van der Waals surface area contributed by atoms with Crippen LogP contribution in [0.5, 0.6) is 0 Å². The van der Waals surface area contributed by atoms with Crippen molar-refractivity contribution in [3.05, 3.63) is 54.0 Å². The minimum Gasteiger partial charge on any atom is -0.468 e. The van der Waals surface area contributed by atoms with E-state index < -0.39 is 10.0 Å². The van der Waals surface area contributed by atoms with Crippen LogP contribution in [0.1, 0.15) is 38.5 Å². The lowest BCUT2D eigenvalue weighted by atomic mass is 9.87. The molecule has 1 N–H and O–H groups in total. The number of anilines is 1. The summed E-state index contributed by atoms with van der Waals surface area (Å²) in [5.41, 5.74) is 1.57. The quantitative estimate of drug-likeness (QED) is 0.571. The first-order valence-electron chi connectivity index (χ1n) is 9.52. The van der Waals surface area contributed by atoms with Gasteiger partial charge in [-0.25, -0.2) is 8.42 Å². The first-order chi connectivity index (χ1) is 13.6. The van der Waals surface area contributed by atoms with Gasteiger partial charge in [-0.3, -0.25) is 9.10 Å². The average Bonchev–Trinajstić information content (AvgIpc) is 3.14. The first-order valence-corrected chi connectivity index (χ1v) is 12.5. The van der Waals surface area contributed by atoms with Crippen molar-refractivity contribution in [3.63, 3.8) is 0 Å². The van der Waals surface area contributed by atoms with Crippen molar-refractivity contribution in [1.29, 1.82) is 0 Å². The lowest BCUT2D eigenvalue weighted by Gasteiger charge is -2.24. The third-order valence-corrected chi connectivity index (χ3v) is 6.53. The summed E-state index contributed by atoms with van der Waals surface area (Å²) in [4.78, 5) is 12.3. The molecule has 0 saturated heterocycles. The summed E-state index contributed by atoms with van der Waals surface area (Å²) in [7, 11) is -3.57. The van der Waals surface area contributed by atoms with Crippen LogP contribution in [0.25, 0.3) is 0 Å². The molecule has 1 aromatic carbocycles. The van der Waals surface area contributed by atoms with Gasteiger partial charge in [-0.2, -0.15) is 11.8 Å². The SMILES string of the molecule is CC(C)(C)c1ccc(N(CC(=O)NCCCSCc2ccco2)S(C)(=O)=O)cc1. The number of benzene rings is 1. The van der Waals surface area contributed by atoms with Gasteiger partial charge in [0.25, 0.3) is 0 Å². The van der Waals surface area contributed by atoms with E-state index in [1.807, 2.05) is 24.3 Å². The number of hydrogen-bond donors (Lipinski definition) is 1. The lowest BCUT2D eigenvalue weighted by molar-refractivity contribution is -0.119. The third-order valence-electron chi connectivity index (χ3n) is 4.32. The summed E-state index contributed by atoms with van der Waals surface area (Å²) in [6.07, 6.45) is 3.57. The highest BCUT2D eigenvalue weighted by molar-refractivity contribution is 7.98. The zero-order valence-electron chi connectivity index (χ0n) is 17.5. The normalized spacial score (nSPS) is 12.0. The Bertz CT molecular complexity index is 870. The van der Waals surface area contributed by atoms with Crippen LogP contribution in [0.4, 0.5) is 5.69 Å². The van der Waals surface area contributed by atoms with Crippen LogP contribution >= 0.6 is 11.8 Å². The first kappa shape index (κ1) is 23.3. The summed E-state index contributed by atoms with van der Waals surface area (Å²) >= 11 is 1.73. The molecule has 160 valence electrons. The molecule has 0 aliphatic rings. The standard InChI is InChI=1S/C21H30N2O4S2/c1-21(2,3)17-8-10-18(11-9-17)23(29(4,25)26)15-20(24)22-12-6-14-28-16-19-7-5-13-27-19/h5,7-11,13H,6,12,14-16H2,1-4H3,(H,22,24). The number of hydrogen-bond acceptors (Lipinski definition) is 5. The van der Waals surface area contributed by atoms with Gasteiger partial charge in [0.05, 0.1) is 24.0 Å². The largest absolute Gasteiger partial charge is 0.468 e. The summed E-state index contributed by atoms with van der Waals surface area (Å²) < 4.78 is 30.8. The highest BCUT2D eigenvalue weighted by atomic mass is 32.2. The molecule has 29 heavy (non-hydrogen) atoms. The van der Waals surface area contributed by atoms with Gasteiger partial charge in [0.1, 0.15) is 12.3 Å². The molecule has 2 rings (SSSR count). The molecule has 0 aliphatic carbocycles. The van der Waals surface area contributed by atoms with E-state index in [-0.39, 0.29) is 17.9 Å². The Morgan fingerprint density at radius 1 is 1.17 bits per heavy atom. The topological polar surface area (TPSA) is 79.6 Å². The van der Waals surface area contributed by atoms with Gasteiger partial charge in [-0.1, -0.05) is 32.9 Å². The molecule has 1 amide bonds. The van der Waals surface area contributed by atoms with Gasteiger partial charge in [0.15, 0.2) is 0 Å². The average molecular weight is 439 g/mol. The number of nitrogens with zero attached hydrogens (tertiary/aromatic N) is 1. The van der Waals surface area contributed by atoms with Gasteiger partial charge < -0.3 is 9.73 Å². The molecule has 6 nitrogen and oxygen atoms in total. The van der Waals surface area contributed by atoms with Crippen LogP contribution in [0.3, 0.4) is 0 Å². The van der Waals surface area contributed by atoms with Gasteiger partial charge >= 0.3 is 0 Å². The molecule has 2 aromatic rings. The fourth-order valence-electron chi connectivity index (χ4n) is 2.68. The van der Waals surface area contributed by atoms with Crippen molar-refractivity contribution >= 4 is 33.4 Å². The molecule has 0 aliphatic heterocycles. The molecular formula is C21H30N2O4S2. The second-order valence-corrected chi connectivity index (χ2v) is 10.9. The molecule has 0 spiro atoms. The minimum atomic E-state index is -3.57. The molecule has 0 radical (unpaired) electrons. The maximum absolute atomic E-state index is 12.3. The molecule has 1 aromatic heterocycles. The second kappa shape index (κ2) is 10.2. The van der Waals surface area contributed by atoms with Crippen LogP contribution in [0.15, 0.2) is 47.1 Å². The van der Waals surface area contributed by atoms with Crippen LogP contribution in [-0.2, 0) is 26.0 Å². The van der Waals surface area contributed by atoms with Crippen molar-refractivity contribution in [2.45, 2.75) is 38.4 Å². The van der Waals surface area contributed by atoms with Gasteiger partial charge in [-0.05, 0) is 47.4 Å². The fourth-order valence-corrected chi connectivity index (χ4v) is 4.40. The van der Waals surface area contributed by atoms with Crippen molar-refractivity contribution in [2.24, 2.45) is 0 Å². The summed E-state index contributed by atoms with van der Waals surface area (Å²) in [6.45, 7) is 6.56. The van der Waals surface area contributed by atoms with E-state index in [0.717, 1.165) is 39.8 Å². The van der Waals surface area contributed by atoms with Crippen molar-refractivity contribution in [3.8, 4) is 0 Å². The highest BCUT2D eigenvalue weighted by Gasteiger charge is 2.21. The van der Waals surface area contributed by atoms with E-state index in [9.17, 15) is 13.2 Å². The molecule has 0 fully saturated rings. The Balaban J connectivity index is 1.84. The number of carbonyl (C=O) groups excluding carboxylic acids is 1. The van der Waals surface area contributed by atoms with E-state index in [1.165, 1.54) is 0 Å². The fraction of sp³-hybridized carbons (Fsp3) is 0.476. The number of furan rings is 1. The zero-order valence-corrected chi connectivity index (χ0v) is 19.1. The number of carbonyl (C=O) groups is 1. The second-order valence-electron chi connectivity index (χ2n) is 7.90. The Morgan fingerprint density at radius 3 is 2.41 bits per heavy atom. The van der Waals surface area contributed by atoms with Crippen molar-refractivity contribution in [1.82, 2.24) is 5.32 Å². The highest BCUT2D eigenvalue weighted by Crippen LogP contribution is 2.25. The lowest BCUT2D eigenvalue weighted by Crippen LogP contribution is -2.40. The Kier molecular flexibility index (Phi) is 8.22. The molecule has 8 heteroatoms.